The van der Waals surface area contributed by atoms with Gasteiger partial charge in [0.25, 0.3) is 0 Å². The third kappa shape index (κ3) is 3.24. The second-order valence-electron chi connectivity index (χ2n) is 2.35. The molecule has 50 valence electrons. The van der Waals surface area contributed by atoms with Crippen LogP contribution in [0.4, 0.5) is 0 Å². The van der Waals surface area contributed by atoms with E-state index in [1.807, 2.05) is 0 Å². The summed E-state index contributed by atoms with van der Waals surface area (Å²) in [4.78, 5) is 0. The van der Waals surface area contributed by atoms with Gasteiger partial charge in [-0.2, -0.15) is 0 Å². The van der Waals surface area contributed by atoms with Crippen molar-refractivity contribution in [2.24, 2.45) is 0 Å². The summed E-state index contributed by atoms with van der Waals surface area (Å²) in [6.45, 7) is 0. The number of hydrogen-bond donors (Lipinski definition) is 0. The maximum absolute atomic E-state index is 2.12. The quantitative estimate of drug-likeness (QED) is 0.558. The Morgan fingerprint density at radius 1 is 0.583 bits per heavy atom. The smallest absolute Gasteiger partial charge is 0 e. The van der Waals surface area contributed by atoms with Gasteiger partial charge < -0.3 is 0 Å². The van der Waals surface area contributed by atoms with Crippen LogP contribution in [0.3, 0.4) is 0 Å². The van der Waals surface area contributed by atoms with Crippen molar-refractivity contribution >= 4 is 91.7 Å². The molecule has 2 aromatic rings. The summed E-state index contributed by atoms with van der Waals surface area (Å²) in [6.07, 6.45) is 0. The largest absolute Gasteiger partial charge is 0.0616 e. The first kappa shape index (κ1) is 13.3. The summed E-state index contributed by atoms with van der Waals surface area (Å²) >= 11 is 0. The van der Waals surface area contributed by atoms with E-state index in [1.54, 1.807) is 0 Å². The summed E-state index contributed by atoms with van der Waals surface area (Å²) in [5.41, 5.74) is 0. The zero-order valence-corrected chi connectivity index (χ0v) is 12.7. The van der Waals surface area contributed by atoms with Crippen LogP contribution in [0.1, 0.15) is 0 Å². The minimum absolute atomic E-state index is 0. The van der Waals surface area contributed by atoms with E-state index < -0.39 is 0 Å². The molecular formula is C10H8KNa. The van der Waals surface area contributed by atoms with Gasteiger partial charge in [0, 0.05) is 80.9 Å². The molecule has 0 saturated carbocycles. The molecule has 0 aliphatic carbocycles. The molecule has 0 saturated heterocycles. The molecule has 2 aromatic carbocycles. The van der Waals surface area contributed by atoms with Crippen LogP contribution in [-0.2, 0) is 0 Å². The van der Waals surface area contributed by atoms with E-state index in [9.17, 15) is 0 Å². The molecule has 0 nitrogen and oxygen atoms in total. The van der Waals surface area contributed by atoms with E-state index in [-0.39, 0.29) is 80.9 Å². The van der Waals surface area contributed by atoms with Gasteiger partial charge in [0.15, 0.2) is 0 Å². The first-order valence-corrected chi connectivity index (χ1v) is 3.40. The van der Waals surface area contributed by atoms with Crippen LogP contribution in [0, 0.1) is 0 Å². The average molecular weight is 190 g/mol. The zero-order chi connectivity index (χ0) is 6.81. The van der Waals surface area contributed by atoms with E-state index in [2.05, 4.69) is 48.5 Å². The topological polar surface area (TPSA) is 0 Å². The van der Waals surface area contributed by atoms with Crippen molar-refractivity contribution in [3.8, 4) is 0 Å². The normalized spacial score (nSPS) is 8.33. The Balaban J connectivity index is 0.000000605. The molecule has 2 radical (unpaired) electrons. The van der Waals surface area contributed by atoms with Gasteiger partial charge >= 0.3 is 0 Å². The maximum atomic E-state index is 2.12. The van der Waals surface area contributed by atoms with Crippen molar-refractivity contribution < 1.29 is 0 Å². The first-order chi connectivity index (χ1) is 4.97. The van der Waals surface area contributed by atoms with Gasteiger partial charge in [0.2, 0.25) is 0 Å². The molecule has 0 aliphatic rings. The molecule has 0 spiro atoms. The Hall–Kier alpha value is 1.34. The Labute approximate surface area is 137 Å². The standard InChI is InChI=1S/C10H8.K.Na/c1-2-6-10-8-4-3-7-9(10)5-1;;/h1-8H;;. The molecule has 12 heavy (non-hydrogen) atoms. The molecule has 0 bridgehead atoms. The second kappa shape index (κ2) is 6.74. The summed E-state index contributed by atoms with van der Waals surface area (Å²) in [7, 11) is 0. The fourth-order valence-corrected chi connectivity index (χ4v) is 1.13. The maximum Gasteiger partial charge on any atom is 0 e. The molecule has 0 aromatic heterocycles. The summed E-state index contributed by atoms with van der Waals surface area (Å²) in [5.74, 6) is 0. The summed E-state index contributed by atoms with van der Waals surface area (Å²) in [5, 5.41) is 2.62. The van der Waals surface area contributed by atoms with Gasteiger partial charge in [-0.1, -0.05) is 48.5 Å². The fourth-order valence-electron chi connectivity index (χ4n) is 1.13. The van der Waals surface area contributed by atoms with Gasteiger partial charge in [-0.05, 0) is 10.8 Å². The SMILES string of the molecule is [K].[Na].c1ccc2ccccc2c1. The molecule has 0 unspecified atom stereocenters. The number of benzene rings is 2. The van der Waals surface area contributed by atoms with Crippen molar-refractivity contribution in [1.82, 2.24) is 0 Å². The van der Waals surface area contributed by atoms with Crippen LogP contribution in [-0.4, -0.2) is 80.9 Å². The van der Waals surface area contributed by atoms with Crippen LogP contribution in [0.25, 0.3) is 10.8 Å². The molecule has 0 N–H and O–H groups in total. The van der Waals surface area contributed by atoms with Crippen molar-refractivity contribution in [1.29, 1.82) is 0 Å². The van der Waals surface area contributed by atoms with Crippen LogP contribution >= 0.6 is 0 Å². The molecule has 0 aliphatic heterocycles. The van der Waals surface area contributed by atoms with E-state index >= 15 is 0 Å². The third-order valence-corrected chi connectivity index (χ3v) is 1.66. The van der Waals surface area contributed by atoms with Crippen LogP contribution in [0.15, 0.2) is 48.5 Å². The Morgan fingerprint density at radius 3 is 1.08 bits per heavy atom. The minimum atomic E-state index is 0. The van der Waals surface area contributed by atoms with Gasteiger partial charge in [-0.25, -0.2) is 0 Å². The first-order valence-electron chi connectivity index (χ1n) is 3.40. The molecule has 0 atom stereocenters. The van der Waals surface area contributed by atoms with Crippen molar-refractivity contribution in [3.05, 3.63) is 48.5 Å². The van der Waals surface area contributed by atoms with E-state index in [4.69, 9.17) is 0 Å². The predicted octanol–water partition coefficient (Wildman–Crippen LogP) is 2.08. The van der Waals surface area contributed by atoms with E-state index in [1.165, 1.54) is 10.8 Å². The van der Waals surface area contributed by atoms with Gasteiger partial charge in [-0.3, -0.25) is 0 Å². The monoisotopic (exact) mass is 190 g/mol. The molecule has 0 heterocycles. The Morgan fingerprint density at radius 2 is 0.833 bits per heavy atom. The van der Waals surface area contributed by atoms with Crippen molar-refractivity contribution in [3.63, 3.8) is 0 Å². The number of rotatable bonds is 0. The van der Waals surface area contributed by atoms with E-state index in [0.29, 0.717) is 0 Å². The average Bonchev–Trinajstić information content (AvgIpc) is 2.05. The summed E-state index contributed by atoms with van der Waals surface area (Å²) < 4.78 is 0. The molecular weight excluding hydrogens is 182 g/mol. The zero-order valence-electron chi connectivity index (χ0n) is 7.62. The van der Waals surface area contributed by atoms with Crippen molar-refractivity contribution in [2.45, 2.75) is 0 Å². The Bertz CT molecular complexity index is 281. The van der Waals surface area contributed by atoms with Crippen LogP contribution in [0.2, 0.25) is 0 Å². The van der Waals surface area contributed by atoms with Crippen LogP contribution < -0.4 is 0 Å². The minimum Gasteiger partial charge on any atom is -0.0616 e. The van der Waals surface area contributed by atoms with Crippen molar-refractivity contribution in [2.75, 3.05) is 0 Å². The molecule has 0 fully saturated rings. The van der Waals surface area contributed by atoms with Gasteiger partial charge in [0.1, 0.15) is 0 Å². The third-order valence-electron chi connectivity index (χ3n) is 1.66. The molecule has 0 amide bonds. The predicted molar refractivity (Wildman–Crippen MR) is 55.5 cm³/mol. The number of fused-ring (bicyclic) bond motifs is 1. The number of hydrogen-bond acceptors (Lipinski definition) is 0. The van der Waals surface area contributed by atoms with Gasteiger partial charge in [0.05, 0.1) is 0 Å². The molecule has 2 heteroatoms. The van der Waals surface area contributed by atoms with Gasteiger partial charge in [-0.15, -0.1) is 0 Å². The van der Waals surface area contributed by atoms with Crippen LogP contribution in [0.5, 0.6) is 0 Å². The second-order valence-corrected chi connectivity index (χ2v) is 2.35. The Kier molecular flexibility index (Phi) is 7.49. The van der Waals surface area contributed by atoms with E-state index in [0.717, 1.165) is 0 Å². The summed E-state index contributed by atoms with van der Waals surface area (Å²) in [6, 6.07) is 16.7. The molecule has 2 rings (SSSR count). The fraction of sp³-hybridized carbons (Fsp3) is 0.